The largest absolute Gasteiger partial charge is 0.342 e. The second-order valence-corrected chi connectivity index (χ2v) is 6.80. The summed E-state index contributed by atoms with van der Waals surface area (Å²) in [5.41, 5.74) is 1.93. The molecule has 0 radical (unpaired) electrons. The summed E-state index contributed by atoms with van der Waals surface area (Å²) in [6.07, 6.45) is 5.87. The smallest absolute Gasteiger partial charge is 0.227 e. The van der Waals surface area contributed by atoms with E-state index in [-0.39, 0.29) is 5.91 Å². The molecule has 0 atom stereocenters. The quantitative estimate of drug-likeness (QED) is 0.726. The highest BCUT2D eigenvalue weighted by molar-refractivity contribution is 5.87. The van der Waals surface area contributed by atoms with Gasteiger partial charge in [0.25, 0.3) is 0 Å². The van der Waals surface area contributed by atoms with Crippen molar-refractivity contribution in [3.8, 4) is 0 Å². The van der Waals surface area contributed by atoms with E-state index in [9.17, 15) is 4.79 Å². The first-order valence-corrected chi connectivity index (χ1v) is 9.24. The zero-order valence-corrected chi connectivity index (χ0v) is 15.0. The number of carbonyl (C=O) groups is 1. The van der Waals surface area contributed by atoms with Crippen LogP contribution in [0.5, 0.6) is 0 Å². The van der Waals surface area contributed by atoms with Gasteiger partial charge in [0, 0.05) is 37.1 Å². The minimum Gasteiger partial charge on any atom is -0.342 e. The molecule has 0 bridgehead atoms. The third-order valence-electron chi connectivity index (χ3n) is 5.26. The molecule has 0 unspecified atom stereocenters. The van der Waals surface area contributed by atoms with Gasteiger partial charge in [-0.2, -0.15) is 0 Å². The molecule has 1 aliphatic heterocycles. The van der Waals surface area contributed by atoms with Crippen LogP contribution in [0.1, 0.15) is 37.1 Å². The van der Waals surface area contributed by atoms with Crippen molar-refractivity contribution < 1.29 is 4.79 Å². The van der Waals surface area contributed by atoms with E-state index in [2.05, 4.69) is 26.7 Å². The van der Waals surface area contributed by atoms with Crippen LogP contribution in [-0.4, -0.2) is 43.6 Å². The third-order valence-corrected chi connectivity index (χ3v) is 5.26. The Morgan fingerprint density at radius 1 is 1.19 bits per heavy atom. The van der Waals surface area contributed by atoms with Crippen LogP contribution < -0.4 is 0 Å². The lowest BCUT2D eigenvalue weighted by atomic mass is 9.95. The maximum atomic E-state index is 12.8. The molecule has 2 aromatic heterocycles. The molecule has 26 heavy (non-hydrogen) atoms. The number of hydrogen-bond acceptors (Lipinski definition) is 4. The number of benzene rings is 1. The van der Waals surface area contributed by atoms with Gasteiger partial charge in [0.15, 0.2) is 0 Å². The van der Waals surface area contributed by atoms with Gasteiger partial charge in [-0.1, -0.05) is 24.3 Å². The van der Waals surface area contributed by atoms with Gasteiger partial charge in [-0.3, -0.25) is 9.78 Å². The number of carbonyl (C=O) groups excluding carboxylic acids is 1. The minimum absolute atomic E-state index is 0.179. The molecule has 1 fully saturated rings. The Morgan fingerprint density at radius 3 is 2.81 bits per heavy atom. The number of fused-ring (bicyclic) bond motifs is 1. The van der Waals surface area contributed by atoms with Gasteiger partial charge in [-0.25, -0.2) is 0 Å². The van der Waals surface area contributed by atoms with Crippen molar-refractivity contribution in [2.45, 2.75) is 38.6 Å². The Bertz CT molecular complexity index is 906. The highest BCUT2D eigenvalue weighted by Gasteiger charge is 2.26. The first-order chi connectivity index (χ1) is 12.8. The summed E-state index contributed by atoms with van der Waals surface area (Å²) in [7, 11) is 0. The van der Waals surface area contributed by atoms with Gasteiger partial charge in [-0.05, 0) is 31.4 Å². The Balaban J connectivity index is 1.42. The summed E-state index contributed by atoms with van der Waals surface area (Å²) in [6.45, 7) is 4.54. The lowest BCUT2D eigenvalue weighted by Crippen LogP contribution is -2.39. The van der Waals surface area contributed by atoms with E-state index in [1.807, 2.05) is 35.2 Å². The monoisotopic (exact) mass is 349 g/mol. The van der Waals surface area contributed by atoms with Crippen LogP contribution in [0.2, 0.25) is 0 Å². The Labute approximate surface area is 152 Å². The topological polar surface area (TPSA) is 63.9 Å². The van der Waals surface area contributed by atoms with Crippen LogP contribution in [0.3, 0.4) is 0 Å². The predicted molar refractivity (Wildman–Crippen MR) is 99.7 cm³/mol. The Kier molecular flexibility index (Phi) is 4.65. The highest BCUT2D eigenvalue weighted by Crippen LogP contribution is 2.27. The number of para-hydroxylation sites is 1. The molecule has 134 valence electrons. The second-order valence-electron chi connectivity index (χ2n) is 6.80. The number of aryl methyl sites for hydroxylation is 1. The first kappa shape index (κ1) is 16.7. The zero-order valence-electron chi connectivity index (χ0n) is 15.0. The summed E-state index contributed by atoms with van der Waals surface area (Å²) in [4.78, 5) is 19.2. The molecule has 3 aromatic rings. The number of amides is 1. The zero-order chi connectivity index (χ0) is 17.9. The molecule has 0 saturated carbocycles. The van der Waals surface area contributed by atoms with Crippen molar-refractivity contribution in [3.05, 3.63) is 54.2 Å². The van der Waals surface area contributed by atoms with E-state index in [1.165, 1.54) is 0 Å². The number of pyridine rings is 1. The lowest BCUT2D eigenvalue weighted by Gasteiger charge is -2.31. The molecule has 0 N–H and O–H groups in total. The molecular formula is C20H23N5O. The molecular weight excluding hydrogens is 326 g/mol. The summed E-state index contributed by atoms with van der Waals surface area (Å²) in [6, 6.07) is 9.99. The average Bonchev–Trinajstić information content (AvgIpc) is 3.17. The van der Waals surface area contributed by atoms with Crippen LogP contribution >= 0.6 is 0 Å². The van der Waals surface area contributed by atoms with Gasteiger partial charge in [-0.15, -0.1) is 10.2 Å². The summed E-state index contributed by atoms with van der Waals surface area (Å²) >= 11 is 0. The maximum absolute atomic E-state index is 12.8. The van der Waals surface area contributed by atoms with Crippen molar-refractivity contribution >= 4 is 16.8 Å². The van der Waals surface area contributed by atoms with Crippen LogP contribution in [0, 0.1) is 0 Å². The minimum atomic E-state index is 0.179. The van der Waals surface area contributed by atoms with Crippen molar-refractivity contribution in [3.63, 3.8) is 0 Å². The van der Waals surface area contributed by atoms with Gasteiger partial charge >= 0.3 is 0 Å². The van der Waals surface area contributed by atoms with Crippen LogP contribution in [0.25, 0.3) is 10.9 Å². The molecule has 1 aliphatic rings. The number of hydrogen-bond donors (Lipinski definition) is 0. The Morgan fingerprint density at radius 2 is 2.00 bits per heavy atom. The van der Waals surface area contributed by atoms with Gasteiger partial charge < -0.3 is 9.47 Å². The fourth-order valence-electron chi connectivity index (χ4n) is 3.80. The third kappa shape index (κ3) is 3.19. The highest BCUT2D eigenvalue weighted by atomic mass is 16.2. The molecule has 6 heteroatoms. The fourth-order valence-corrected chi connectivity index (χ4v) is 3.80. The van der Waals surface area contributed by atoms with Crippen LogP contribution in [0.4, 0.5) is 0 Å². The van der Waals surface area contributed by atoms with Crippen LogP contribution in [-0.2, 0) is 17.8 Å². The number of nitrogens with zero attached hydrogens (tertiary/aromatic N) is 5. The van der Waals surface area contributed by atoms with E-state index in [4.69, 9.17) is 0 Å². The summed E-state index contributed by atoms with van der Waals surface area (Å²) in [5.74, 6) is 1.62. The van der Waals surface area contributed by atoms with E-state index in [0.717, 1.165) is 54.8 Å². The first-order valence-electron chi connectivity index (χ1n) is 9.24. The molecule has 0 spiro atoms. The standard InChI is InChI=1S/C20H23N5O/c1-2-24-14-22-23-20(24)16-8-11-25(12-9-16)18(26)13-17-6-3-5-15-7-4-10-21-19(15)17/h3-7,10,14,16H,2,8-9,11-13H2,1H3. The lowest BCUT2D eigenvalue weighted by molar-refractivity contribution is -0.131. The molecule has 1 aromatic carbocycles. The number of likely N-dealkylation sites (tertiary alicyclic amines) is 1. The fraction of sp³-hybridized carbons (Fsp3) is 0.400. The maximum Gasteiger partial charge on any atom is 0.227 e. The van der Waals surface area contributed by atoms with Crippen molar-refractivity contribution in [1.29, 1.82) is 0 Å². The van der Waals surface area contributed by atoms with Crippen molar-refractivity contribution in [1.82, 2.24) is 24.6 Å². The SMILES string of the molecule is CCn1cnnc1C1CCN(C(=O)Cc2cccc3cccnc23)CC1. The van der Waals surface area contributed by atoms with Gasteiger partial charge in [0.2, 0.25) is 5.91 Å². The molecule has 1 amide bonds. The normalized spacial score (nSPS) is 15.5. The van der Waals surface area contributed by atoms with E-state index < -0.39 is 0 Å². The van der Waals surface area contributed by atoms with Crippen LogP contribution in [0.15, 0.2) is 42.9 Å². The molecule has 6 nitrogen and oxygen atoms in total. The van der Waals surface area contributed by atoms with E-state index in [0.29, 0.717) is 12.3 Å². The Hall–Kier alpha value is -2.76. The molecule has 4 rings (SSSR count). The summed E-state index contributed by atoms with van der Waals surface area (Å²) < 4.78 is 2.10. The number of rotatable bonds is 4. The average molecular weight is 349 g/mol. The van der Waals surface area contributed by atoms with E-state index >= 15 is 0 Å². The van der Waals surface area contributed by atoms with Crippen molar-refractivity contribution in [2.24, 2.45) is 0 Å². The number of piperidine rings is 1. The van der Waals surface area contributed by atoms with Crippen molar-refractivity contribution in [2.75, 3.05) is 13.1 Å². The van der Waals surface area contributed by atoms with E-state index in [1.54, 1.807) is 12.5 Å². The van der Waals surface area contributed by atoms with Gasteiger partial charge in [0.05, 0.1) is 11.9 Å². The predicted octanol–water partition coefficient (Wildman–Crippen LogP) is 2.79. The summed E-state index contributed by atoms with van der Waals surface area (Å²) in [5, 5.41) is 9.40. The number of aromatic nitrogens is 4. The van der Waals surface area contributed by atoms with Gasteiger partial charge in [0.1, 0.15) is 12.2 Å². The molecule has 1 saturated heterocycles. The molecule has 3 heterocycles. The molecule has 0 aliphatic carbocycles. The second kappa shape index (κ2) is 7.23.